The van der Waals surface area contributed by atoms with Gasteiger partial charge < -0.3 is 9.64 Å². The van der Waals surface area contributed by atoms with Gasteiger partial charge >= 0.3 is 6.18 Å². The lowest BCUT2D eigenvalue weighted by molar-refractivity contribution is -0.142. The van der Waals surface area contributed by atoms with Gasteiger partial charge in [-0.05, 0) is 17.5 Å². The van der Waals surface area contributed by atoms with E-state index in [0.717, 1.165) is 15.4 Å². The Hall–Kier alpha value is -3.07. The molecule has 1 aliphatic carbocycles. The van der Waals surface area contributed by atoms with Gasteiger partial charge in [-0.2, -0.15) is 17.5 Å². The van der Waals surface area contributed by atoms with Crippen molar-refractivity contribution in [2.75, 3.05) is 38.5 Å². The van der Waals surface area contributed by atoms with Gasteiger partial charge in [-0.3, -0.25) is 24.6 Å². The molecule has 1 N–H and O–H groups in total. The van der Waals surface area contributed by atoms with E-state index in [0.29, 0.717) is 44.8 Å². The van der Waals surface area contributed by atoms with Gasteiger partial charge in [0.2, 0.25) is 21.8 Å². The molecule has 222 valence electrons. The summed E-state index contributed by atoms with van der Waals surface area (Å²) in [5.41, 5.74) is 2.47. The molecular formula is C27H31F3N4O6S. The summed E-state index contributed by atoms with van der Waals surface area (Å²) in [5.74, 6) is -3.07. The molecule has 14 heteroatoms. The number of nitrogens with one attached hydrogen (secondary N) is 1. The van der Waals surface area contributed by atoms with Crippen LogP contribution in [0.3, 0.4) is 0 Å². The molecule has 0 saturated carbocycles. The SMILES string of the molecule is O=C1CCC(N2CC3C(=CC=CC3OCc3ccc(CN4CCN(S(=O)(=O)CC(F)(F)F)CC4)cc3)C2=O)C(=O)N1. The molecular weight excluding hydrogens is 565 g/mol. The number of alkyl halides is 3. The largest absolute Gasteiger partial charge is 0.404 e. The summed E-state index contributed by atoms with van der Waals surface area (Å²) in [6, 6.07) is 7.01. The van der Waals surface area contributed by atoms with Crippen LogP contribution < -0.4 is 5.32 Å². The van der Waals surface area contributed by atoms with Crippen LogP contribution in [0.1, 0.15) is 24.0 Å². The maximum atomic E-state index is 13.0. The fraction of sp³-hybridized carbons (Fsp3) is 0.519. The third-order valence-corrected chi connectivity index (χ3v) is 9.65. The Morgan fingerprint density at radius 2 is 1.68 bits per heavy atom. The van der Waals surface area contributed by atoms with E-state index >= 15 is 0 Å². The van der Waals surface area contributed by atoms with Gasteiger partial charge in [0.05, 0.1) is 12.7 Å². The Labute approximate surface area is 235 Å². The Balaban J connectivity index is 1.11. The second kappa shape index (κ2) is 11.7. The number of ether oxygens (including phenoxy) is 1. The topological polar surface area (TPSA) is 116 Å². The van der Waals surface area contributed by atoms with Crippen LogP contribution >= 0.6 is 0 Å². The molecule has 3 unspecified atom stereocenters. The summed E-state index contributed by atoms with van der Waals surface area (Å²) in [6.45, 7) is 1.86. The first-order valence-electron chi connectivity index (χ1n) is 13.4. The fourth-order valence-corrected chi connectivity index (χ4v) is 6.99. The zero-order chi connectivity index (χ0) is 29.4. The number of imide groups is 1. The number of hydrogen-bond donors (Lipinski definition) is 1. The van der Waals surface area contributed by atoms with E-state index in [2.05, 4.69) is 5.32 Å². The molecule has 0 bridgehead atoms. The van der Waals surface area contributed by atoms with Crippen LogP contribution in [-0.2, 0) is 42.3 Å². The van der Waals surface area contributed by atoms with E-state index in [-0.39, 0.29) is 43.3 Å². The van der Waals surface area contributed by atoms with E-state index in [1.165, 1.54) is 4.90 Å². The highest BCUT2D eigenvalue weighted by molar-refractivity contribution is 7.89. The summed E-state index contributed by atoms with van der Waals surface area (Å²) >= 11 is 0. The van der Waals surface area contributed by atoms with Gasteiger partial charge in [-0.1, -0.05) is 42.5 Å². The van der Waals surface area contributed by atoms with Crippen LogP contribution in [0.15, 0.2) is 48.1 Å². The van der Waals surface area contributed by atoms with Gasteiger partial charge in [0.1, 0.15) is 6.04 Å². The van der Waals surface area contributed by atoms with Crippen molar-refractivity contribution in [2.45, 2.75) is 44.3 Å². The van der Waals surface area contributed by atoms with Gasteiger partial charge in [-0.25, -0.2) is 8.42 Å². The maximum Gasteiger partial charge on any atom is 0.404 e. The summed E-state index contributed by atoms with van der Waals surface area (Å²) in [5, 5.41) is 2.31. The molecule has 0 aromatic heterocycles. The van der Waals surface area contributed by atoms with Crippen molar-refractivity contribution in [2.24, 2.45) is 5.92 Å². The van der Waals surface area contributed by atoms with E-state index < -0.39 is 33.9 Å². The number of amides is 3. The molecule has 0 spiro atoms. The minimum Gasteiger partial charge on any atom is -0.369 e. The van der Waals surface area contributed by atoms with Gasteiger partial charge in [0.15, 0.2) is 5.75 Å². The van der Waals surface area contributed by atoms with Crippen molar-refractivity contribution in [3.63, 3.8) is 0 Å². The number of halogens is 3. The first-order valence-corrected chi connectivity index (χ1v) is 15.0. The minimum atomic E-state index is -4.77. The van der Waals surface area contributed by atoms with Crippen LogP contribution in [0, 0.1) is 5.92 Å². The fourth-order valence-electron chi connectivity index (χ4n) is 5.67. The lowest BCUT2D eigenvalue weighted by atomic mass is 9.91. The number of likely N-dealkylation sites (tertiary alicyclic amines) is 1. The number of sulfonamides is 1. The van der Waals surface area contributed by atoms with Crippen LogP contribution in [0.4, 0.5) is 13.2 Å². The second-order valence-electron chi connectivity index (χ2n) is 10.7. The molecule has 3 heterocycles. The first kappa shape index (κ1) is 29.4. The molecule has 41 heavy (non-hydrogen) atoms. The predicted molar refractivity (Wildman–Crippen MR) is 140 cm³/mol. The normalized spacial score (nSPS) is 26.2. The molecule has 0 radical (unpaired) electrons. The number of piperazine rings is 1. The lowest BCUT2D eigenvalue weighted by Gasteiger charge is -2.34. The highest BCUT2D eigenvalue weighted by Crippen LogP contribution is 2.35. The van der Waals surface area contributed by atoms with Gasteiger partial charge in [-0.15, -0.1) is 0 Å². The van der Waals surface area contributed by atoms with Gasteiger partial charge in [0, 0.05) is 57.2 Å². The second-order valence-corrected chi connectivity index (χ2v) is 12.6. The Morgan fingerprint density at radius 3 is 2.34 bits per heavy atom. The number of carbonyl (C=O) groups excluding carboxylic acids is 3. The Bertz CT molecular complexity index is 1350. The maximum absolute atomic E-state index is 13.0. The molecule has 4 aliphatic rings. The molecule has 1 aromatic carbocycles. The van der Waals surface area contributed by atoms with Crippen LogP contribution in [0.2, 0.25) is 0 Å². The Kier molecular flexibility index (Phi) is 8.37. The van der Waals surface area contributed by atoms with E-state index in [1.54, 1.807) is 12.2 Å². The molecule has 3 amide bonds. The molecule has 3 atom stereocenters. The van der Waals surface area contributed by atoms with Crippen LogP contribution in [0.25, 0.3) is 0 Å². The van der Waals surface area contributed by atoms with Crippen molar-refractivity contribution in [3.8, 4) is 0 Å². The third kappa shape index (κ3) is 6.88. The standard InChI is InChI=1S/C27H31F3N4O6S/c28-27(29,30)17-41(38,39)33-12-10-32(11-13-33)14-18-4-6-19(7-5-18)16-40-23-3-1-2-20-21(23)15-34(26(20)37)22-8-9-24(35)31-25(22)36/h1-7,21-23H,8-17H2,(H,31,35,36). The molecule has 3 fully saturated rings. The Morgan fingerprint density at radius 1 is 1.00 bits per heavy atom. The predicted octanol–water partition coefficient (Wildman–Crippen LogP) is 1.34. The zero-order valence-electron chi connectivity index (χ0n) is 22.2. The number of fused-ring (bicyclic) bond motifs is 1. The average molecular weight is 597 g/mol. The third-order valence-electron chi connectivity index (χ3n) is 7.80. The summed E-state index contributed by atoms with van der Waals surface area (Å²) in [6.07, 6.45) is 0.782. The van der Waals surface area contributed by atoms with Crippen molar-refractivity contribution in [3.05, 3.63) is 59.2 Å². The van der Waals surface area contributed by atoms with Crippen LogP contribution in [-0.4, -0.2) is 97.0 Å². The number of carbonyl (C=O) groups is 3. The highest BCUT2D eigenvalue weighted by atomic mass is 32.2. The highest BCUT2D eigenvalue weighted by Gasteiger charge is 2.46. The molecule has 3 aliphatic heterocycles. The van der Waals surface area contributed by atoms with Gasteiger partial charge in [0.25, 0.3) is 5.91 Å². The monoisotopic (exact) mass is 596 g/mol. The first-order chi connectivity index (χ1) is 19.4. The number of rotatable bonds is 8. The number of allylic oxidation sites excluding steroid dienone is 2. The van der Waals surface area contributed by atoms with Crippen molar-refractivity contribution < 1.29 is 40.7 Å². The number of piperidine rings is 1. The summed E-state index contributed by atoms with van der Waals surface area (Å²) in [7, 11) is -4.37. The number of hydrogen-bond acceptors (Lipinski definition) is 7. The van der Waals surface area contributed by atoms with Crippen molar-refractivity contribution in [1.29, 1.82) is 0 Å². The number of benzene rings is 1. The van der Waals surface area contributed by atoms with E-state index in [9.17, 15) is 36.0 Å². The van der Waals surface area contributed by atoms with Crippen LogP contribution in [0.5, 0.6) is 0 Å². The van der Waals surface area contributed by atoms with Crippen molar-refractivity contribution >= 4 is 27.7 Å². The lowest BCUT2D eigenvalue weighted by Crippen LogP contribution is -2.53. The number of nitrogens with zero attached hydrogens (tertiary/aromatic N) is 3. The van der Waals surface area contributed by atoms with Crippen molar-refractivity contribution in [1.82, 2.24) is 19.4 Å². The minimum absolute atomic E-state index is 0.0142. The summed E-state index contributed by atoms with van der Waals surface area (Å²) in [4.78, 5) is 40.4. The molecule has 10 nitrogen and oxygen atoms in total. The van der Waals surface area contributed by atoms with E-state index in [1.807, 2.05) is 35.2 Å². The average Bonchev–Trinajstić information content (AvgIpc) is 3.24. The summed E-state index contributed by atoms with van der Waals surface area (Å²) < 4.78 is 68.8. The quantitative estimate of drug-likeness (QED) is 0.451. The molecule has 1 aromatic rings. The smallest absolute Gasteiger partial charge is 0.369 e. The molecule has 5 rings (SSSR count). The van der Waals surface area contributed by atoms with E-state index in [4.69, 9.17) is 4.74 Å². The zero-order valence-corrected chi connectivity index (χ0v) is 23.0. The molecule has 3 saturated heterocycles.